The second-order valence-corrected chi connectivity index (χ2v) is 4.02. The number of halogens is 1. The van der Waals surface area contributed by atoms with Crippen molar-refractivity contribution in [1.82, 2.24) is 9.55 Å². The van der Waals surface area contributed by atoms with E-state index in [2.05, 4.69) is 4.98 Å². The van der Waals surface area contributed by atoms with Crippen LogP contribution in [0.2, 0.25) is 0 Å². The molecule has 0 fully saturated rings. The van der Waals surface area contributed by atoms with Gasteiger partial charge in [-0.1, -0.05) is 0 Å². The van der Waals surface area contributed by atoms with Crippen LogP contribution >= 0.6 is 0 Å². The molecule has 0 saturated heterocycles. The van der Waals surface area contributed by atoms with Crippen molar-refractivity contribution in [3.63, 3.8) is 0 Å². The van der Waals surface area contributed by atoms with Gasteiger partial charge in [0.25, 0.3) is 5.56 Å². The molecule has 0 aliphatic carbocycles. The number of carbonyl (C=O) groups is 1. The number of H-pyrrole nitrogens is 1. The Morgan fingerprint density at radius 3 is 2.65 bits per heavy atom. The highest BCUT2D eigenvalue weighted by molar-refractivity contribution is 5.93. The summed E-state index contributed by atoms with van der Waals surface area (Å²) in [6.07, 6.45) is 1.02. The predicted octanol–water partition coefficient (Wildman–Crippen LogP) is 0.876. The Morgan fingerprint density at radius 1 is 1.35 bits per heavy atom. The number of rotatable bonds is 3. The molecule has 1 aromatic heterocycles. The number of Topliss-reactive ketones (excluding diaryl/α,β-unsaturated/α-hetero) is 1. The molecule has 0 saturated carbocycles. The number of nitrogens with zero attached hydrogens (tertiary/aromatic N) is 1. The predicted molar refractivity (Wildman–Crippen MR) is 69.2 cm³/mol. The Bertz CT molecular complexity index is 792. The molecule has 0 bridgehead atoms. The van der Waals surface area contributed by atoms with Gasteiger partial charge in [0.1, 0.15) is 11.6 Å². The number of benzene rings is 1. The normalized spacial score (nSPS) is 10.3. The van der Waals surface area contributed by atoms with Crippen LogP contribution in [0.25, 0.3) is 5.69 Å². The highest BCUT2D eigenvalue weighted by Crippen LogP contribution is 2.18. The van der Waals surface area contributed by atoms with Gasteiger partial charge in [0, 0.05) is 12.3 Å². The summed E-state index contributed by atoms with van der Waals surface area (Å²) in [6.45, 7) is 1.18. The molecule has 6 nitrogen and oxygen atoms in total. The number of ether oxygens (including phenoxy) is 1. The molecule has 1 heterocycles. The van der Waals surface area contributed by atoms with E-state index in [0.717, 1.165) is 12.3 Å². The molecule has 0 unspecified atom stereocenters. The number of hydrogen-bond acceptors (Lipinski definition) is 4. The third-order valence-corrected chi connectivity index (χ3v) is 2.75. The van der Waals surface area contributed by atoms with Crippen molar-refractivity contribution in [2.45, 2.75) is 6.92 Å². The molecule has 0 radical (unpaired) electrons. The minimum absolute atomic E-state index is 0.230. The average molecular weight is 278 g/mol. The summed E-state index contributed by atoms with van der Waals surface area (Å²) in [5.41, 5.74) is -2.23. The van der Waals surface area contributed by atoms with E-state index in [1.54, 1.807) is 0 Å². The summed E-state index contributed by atoms with van der Waals surface area (Å²) in [5.74, 6) is -1.02. The van der Waals surface area contributed by atoms with E-state index >= 15 is 0 Å². The fourth-order valence-corrected chi connectivity index (χ4v) is 1.73. The van der Waals surface area contributed by atoms with Crippen molar-refractivity contribution in [3.05, 3.63) is 56.6 Å². The monoisotopic (exact) mass is 278 g/mol. The van der Waals surface area contributed by atoms with Crippen LogP contribution in [0.1, 0.15) is 17.3 Å². The van der Waals surface area contributed by atoms with Crippen LogP contribution in [0.3, 0.4) is 0 Å². The van der Waals surface area contributed by atoms with E-state index in [1.807, 2.05) is 0 Å². The third kappa shape index (κ3) is 2.25. The summed E-state index contributed by atoms with van der Waals surface area (Å²) in [4.78, 5) is 37.4. The molecule has 0 aliphatic heterocycles. The molecule has 0 amide bonds. The second-order valence-electron chi connectivity index (χ2n) is 4.02. The highest BCUT2D eigenvalue weighted by atomic mass is 19.1. The molecular weight excluding hydrogens is 267 g/mol. The summed E-state index contributed by atoms with van der Waals surface area (Å²) in [5, 5.41) is 0. The van der Waals surface area contributed by atoms with E-state index < -0.39 is 22.8 Å². The van der Waals surface area contributed by atoms with Gasteiger partial charge in [-0.3, -0.25) is 9.59 Å². The van der Waals surface area contributed by atoms with E-state index in [1.165, 1.54) is 26.2 Å². The first-order valence-corrected chi connectivity index (χ1v) is 5.65. The maximum absolute atomic E-state index is 13.8. The molecule has 104 valence electrons. The maximum atomic E-state index is 13.8. The SMILES string of the molecule is COc1ccc(F)c(-n2c(=O)[nH]cc(C(C)=O)c2=O)c1. The Kier molecular flexibility index (Phi) is 3.51. The van der Waals surface area contributed by atoms with Crippen molar-refractivity contribution in [3.8, 4) is 11.4 Å². The molecular formula is C13H11FN2O4. The first-order valence-electron chi connectivity index (χ1n) is 5.65. The minimum Gasteiger partial charge on any atom is -0.497 e. The van der Waals surface area contributed by atoms with Gasteiger partial charge in [-0.15, -0.1) is 0 Å². The fourth-order valence-electron chi connectivity index (χ4n) is 1.73. The number of aromatic amines is 1. The number of hydrogen-bond donors (Lipinski definition) is 1. The first kappa shape index (κ1) is 13.7. The molecule has 1 N–H and O–H groups in total. The van der Waals surface area contributed by atoms with Crippen LogP contribution in [0.15, 0.2) is 34.0 Å². The number of carbonyl (C=O) groups excluding carboxylic acids is 1. The first-order chi connectivity index (χ1) is 9.45. The van der Waals surface area contributed by atoms with Crippen molar-refractivity contribution in [1.29, 1.82) is 0 Å². The zero-order valence-electron chi connectivity index (χ0n) is 10.8. The molecule has 20 heavy (non-hydrogen) atoms. The number of aromatic nitrogens is 2. The van der Waals surface area contributed by atoms with Gasteiger partial charge >= 0.3 is 5.69 Å². The zero-order chi connectivity index (χ0) is 14.9. The Labute approximate surface area is 112 Å². The van der Waals surface area contributed by atoms with E-state index in [0.29, 0.717) is 4.57 Å². The summed E-state index contributed by atoms with van der Waals surface area (Å²) >= 11 is 0. The van der Waals surface area contributed by atoms with Gasteiger partial charge in [-0.25, -0.2) is 13.8 Å². The molecule has 1 aromatic carbocycles. The summed E-state index contributed by atoms with van der Waals surface area (Å²) in [7, 11) is 1.37. The quantitative estimate of drug-likeness (QED) is 0.845. The van der Waals surface area contributed by atoms with Crippen molar-refractivity contribution in [2.75, 3.05) is 7.11 Å². The fraction of sp³-hybridized carbons (Fsp3) is 0.154. The lowest BCUT2D eigenvalue weighted by molar-refractivity contribution is 0.101. The van der Waals surface area contributed by atoms with Gasteiger partial charge in [0.15, 0.2) is 5.78 Å². The Morgan fingerprint density at radius 2 is 2.05 bits per heavy atom. The van der Waals surface area contributed by atoms with E-state index in [-0.39, 0.29) is 17.0 Å². The van der Waals surface area contributed by atoms with Crippen molar-refractivity contribution < 1.29 is 13.9 Å². The van der Waals surface area contributed by atoms with Gasteiger partial charge in [-0.05, 0) is 19.1 Å². The van der Waals surface area contributed by atoms with Crippen LogP contribution < -0.4 is 16.0 Å². The van der Waals surface area contributed by atoms with Crippen molar-refractivity contribution in [2.24, 2.45) is 0 Å². The lowest BCUT2D eigenvalue weighted by Crippen LogP contribution is -2.36. The zero-order valence-corrected chi connectivity index (χ0v) is 10.8. The van der Waals surface area contributed by atoms with Crippen molar-refractivity contribution >= 4 is 5.78 Å². The number of nitrogens with one attached hydrogen (secondary N) is 1. The van der Waals surface area contributed by atoms with Crippen LogP contribution in [-0.4, -0.2) is 22.4 Å². The number of methoxy groups -OCH3 is 1. The van der Waals surface area contributed by atoms with E-state index in [4.69, 9.17) is 4.74 Å². The van der Waals surface area contributed by atoms with Crippen LogP contribution in [-0.2, 0) is 0 Å². The summed E-state index contributed by atoms with van der Waals surface area (Å²) < 4.78 is 19.3. The smallest absolute Gasteiger partial charge is 0.333 e. The Balaban J connectivity index is 2.82. The van der Waals surface area contributed by atoms with Crippen LogP contribution in [0, 0.1) is 5.82 Å². The van der Waals surface area contributed by atoms with Gasteiger partial charge in [0.05, 0.1) is 18.4 Å². The lowest BCUT2D eigenvalue weighted by atomic mass is 10.2. The maximum Gasteiger partial charge on any atom is 0.333 e. The molecule has 0 spiro atoms. The Hall–Kier alpha value is -2.70. The second kappa shape index (κ2) is 5.12. The third-order valence-electron chi connectivity index (χ3n) is 2.75. The van der Waals surface area contributed by atoms with Crippen LogP contribution in [0.5, 0.6) is 5.75 Å². The van der Waals surface area contributed by atoms with Gasteiger partial charge in [0.2, 0.25) is 0 Å². The van der Waals surface area contributed by atoms with Gasteiger partial charge < -0.3 is 9.72 Å². The standard InChI is InChI=1S/C13H11FN2O4/c1-7(17)9-6-15-13(19)16(12(9)18)11-5-8(20-2)3-4-10(11)14/h3-6H,1-2H3,(H,15,19). The molecule has 2 aromatic rings. The molecule has 2 rings (SSSR count). The van der Waals surface area contributed by atoms with E-state index in [9.17, 15) is 18.8 Å². The average Bonchev–Trinajstić information content (AvgIpc) is 2.40. The largest absolute Gasteiger partial charge is 0.497 e. The van der Waals surface area contributed by atoms with Gasteiger partial charge in [-0.2, -0.15) is 0 Å². The molecule has 0 aliphatic rings. The lowest BCUT2D eigenvalue weighted by Gasteiger charge is -2.08. The number of ketones is 1. The molecule has 0 atom stereocenters. The highest BCUT2D eigenvalue weighted by Gasteiger charge is 2.15. The van der Waals surface area contributed by atoms with Crippen LogP contribution in [0.4, 0.5) is 4.39 Å². The topological polar surface area (TPSA) is 81.2 Å². The minimum atomic E-state index is -0.881. The molecule has 7 heteroatoms. The summed E-state index contributed by atoms with van der Waals surface area (Å²) in [6, 6.07) is 3.63.